The van der Waals surface area contributed by atoms with Crippen LogP contribution < -0.4 is 5.43 Å². The molecule has 0 spiro atoms. The zero-order valence-electron chi connectivity index (χ0n) is 5.22. The highest BCUT2D eigenvalue weighted by Crippen LogP contribution is 2.00. The Kier molecular flexibility index (Phi) is 0.917. The van der Waals surface area contributed by atoms with Crippen LogP contribution in [0.3, 0.4) is 0 Å². The summed E-state index contributed by atoms with van der Waals surface area (Å²) in [6.45, 7) is 0. The van der Waals surface area contributed by atoms with Gasteiger partial charge in [0.1, 0.15) is 5.52 Å². The fourth-order valence-corrected chi connectivity index (χ4v) is 0.984. The van der Waals surface area contributed by atoms with E-state index in [2.05, 4.69) is 9.97 Å². The Hall–Kier alpha value is -1.51. The SMILES string of the molecule is O=c1cc[nH]c2cc[nH]c12. The number of fused-ring (bicyclic) bond motifs is 1. The first-order valence-corrected chi connectivity index (χ1v) is 3.03. The molecule has 2 rings (SSSR count). The quantitative estimate of drug-likeness (QED) is 0.551. The molecule has 0 bridgehead atoms. The minimum absolute atomic E-state index is 0.0266. The maximum atomic E-state index is 11.0. The Morgan fingerprint density at radius 2 is 1.90 bits per heavy atom. The van der Waals surface area contributed by atoms with Gasteiger partial charge in [-0.05, 0) is 6.07 Å². The van der Waals surface area contributed by atoms with Crippen molar-refractivity contribution in [3.05, 3.63) is 34.7 Å². The smallest absolute Gasteiger partial charge is 0.205 e. The summed E-state index contributed by atoms with van der Waals surface area (Å²) in [4.78, 5) is 16.8. The first-order valence-electron chi connectivity index (χ1n) is 3.03. The Morgan fingerprint density at radius 3 is 2.70 bits per heavy atom. The van der Waals surface area contributed by atoms with E-state index >= 15 is 0 Å². The summed E-state index contributed by atoms with van der Waals surface area (Å²) in [5.41, 5.74) is 1.52. The molecule has 2 N–H and O–H groups in total. The van der Waals surface area contributed by atoms with Crippen LogP contribution in [-0.4, -0.2) is 9.97 Å². The molecular formula is C7H6N2O. The van der Waals surface area contributed by atoms with Gasteiger partial charge in [-0.25, -0.2) is 0 Å². The number of H-pyrrole nitrogens is 2. The van der Waals surface area contributed by atoms with E-state index in [9.17, 15) is 4.79 Å². The molecule has 0 aliphatic heterocycles. The van der Waals surface area contributed by atoms with Crippen molar-refractivity contribution < 1.29 is 0 Å². The zero-order chi connectivity index (χ0) is 6.97. The van der Waals surface area contributed by atoms with Crippen LogP contribution in [0.5, 0.6) is 0 Å². The standard InChI is InChI=1S/C7H6N2O/c10-6-2-4-8-5-1-3-9-7(5)6/h1-4,9H,(H,8,10). The predicted molar refractivity (Wildman–Crippen MR) is 38.9 cm³/mol. The van der Waals surface area contributed by atoms with Crippen molar-refractivity contribution in [1.29, 1.82) is 0 Å². The largest absolute Gasteiger partial charge is 0.360 e. The molecule has 3 nitrogen and oxygen atoms in total. The Labute approximate surface area is 56.7 Å². The monoisotopic (exact) mass is 134 g/mol. The number of pyridine rings is 1. The highest BCUT2D eigenvalue weighted by molar-refractivity contribution is 5.73. The maximum absolute atomic E-state index is 11.0. The normalized spacial score (nSPS) is 10.4. The van der Waals surface area contributed by atoms with Gasteiger partial charge in [-0.3, -0.25) is 4.79 Å². The molecule has 0 aromatic carbocycles. The van der Waals surface area contributed by atoms with Gasteiger partial charge in [0, 0.05) is 18.5 Å². The molecule has 0 unspecified atom stereocenters. The number of nitrogens with one attached hydrogen (secondary N) is 2. The Morgan fingerprint density at radius 1 is 1.10 bits per heavy atom. The van der Waals surface area contributed by atoms with Crippen molar-refractivity contribution in [2.75, 3.05) is 0 Å². The Balaban J connectivity index is 3.09. The van der Waals surface area contributed by atoms with Crippen molar-refractivity contribution in [2.24, 2.45) is 0 Å². The second-order valence-corrected chi connectivity index (χ2v) is 2.11. The summed E-state index contributed by atoms with van der Waals surface area (Å²) < 4.78 is 0. The molecule has 2 heterocycles. The molecule has 0 fully saturated rings. The lowest BCUT2D eigenvalue weighted by atomic mass is 10.4. The van der Waals surface area contributed by atoms with Crippen LogP contribution in [0.4, 0.5) is 0 Å². The first kappa shape index (κ1) is 5.29. The van der Waals surface area contributed by atoms with Gasteiger partial charge in [0.15, 0.2) is 0 Å². The maximum Gasteiger partial charge on any atom is 0.205 e. The summed E-state index contributed by atoms with van der Waals surface area (Å²) in [6, 6.07) is 3.33. The van der Waals surface area contributed by atoms with E-state index in [0.29, 0.717) is 5.52 Å². The van der Waals surface area contributed by atoms with Crippen LogP contribution >= 0.6 is 0 Å². The van der Waals surface area contributed by atoms with Crippen LogP contribution in [0, 0.1) is 0 Å². The molecule has 0 saturated carbocycles. The molecule has 0 saturated heterocycles. The van der Waals surface area contributed by atoms with Crippen molar-refractivity contribution in [2.45, 2.75) is 0 Å². The second kappa shape index (κ2) is 1.73. The molecule has 0 aliphatic carbocycles. The molecule has 0 aliphatic rings. The van der Waals surface area contributed by atoms with Gasteiger partial charge >= 0.3 is 0 Å². The lowest BCUT2D eigenvalue weighted by Gasteiger charge is -1.84. The number of rotatable bonds is 0. The average Bonchev–Trinajstić information content (AvgIpc) is 2.36. The summed E-state index contributed by atoms with van der Waals surface area (Å²) in [5, 5.41) is 0. The number of aromatic nitrogens is 2. The van der Waals surface area contributed by atoms with Gasteiger partial charge in [-0.2, -0.15) is 0 Å². The number of aromatic amines is 2. The summed E-state index contributed by atoms with van der Waals surface area (Å²) >= 11 is 0. The van der Waals surface area contributed by atoms with Crippen molar-refractivity contribution in [3.63, 3.8) is 0 Å². The van der Waals surface area contributed by atoms with Gasteiger partial charge in [0.05, 0.1) is 5.52 Å². The molecular weight excluding hydrogens is 128 g/mol. The van der Waals surface area contributed by atoms with Gasteiger partial charge in [0.2, 0.25) is 5.43 Å². The van der Waals surface area contributed by atoms with Crippen molar-refractivity contribution in [1.82, 2.24) is 9.97 Å². The predicted octanol–water partition coefficient (Wildman–Crippen LogP) is 0.856. The van der Waals surface area contributed by atoms with Crippen LogP contribution in [0.1, 0.15) is 0 Å². The fourth-order valence-electron chi connectivity index (χ4n) is 0.984. The zero-order valence-corrected chi connectivity index (χ0v) is 5.22. The summed E-state index contributed by atoms with van der Waals surface area (Å²) in [5.74, 6) is 0. The van der Waals surface area contributed by atoms with Crippen molar-refractivity contribution >= 4 is 11.0 Å². The van der Waals surface area contributed by atoms with E-state index in [0.717, 1.165) is 5.52 Å². The van der Waals surface area contributed by atoms with Crippen LogP contribution in [0.2, 0.25) is 0 Å². The molecule has 2 aromatic heterocycles. The van der Waals surface area contributed by atoms with Gasteiger partial charge in [0.25, 0.3) is 0 Å². The minimum Gasteiger partial charge on any atom is -0.360 e. The molecule has 50 valence electrons. The fraction of sp³-hybridized carbons (Fsp3) is 0. The average molecular weight is 134 g/mol. The molecule has 0 atom stereocenters. The van der Waals surface area contributed by atoms with Gasteiger partial charge in [-0.1, -0.05) is 0 Å². The van der Waals surface area contributed by atoms with Gasteiger partial charge in [-0.15, -0.1) is 0 Å². The highest BCUT2D eigenvalue weighted by Gasteiger charge is 1.94. The Bertz CT molecular complexity index is 399. The summed E-state index contributed by atoms with van der Waals surface area (Å²) in [6.07, 6.45) is 3.38. The highest BCUT2D eigenvalue weighted by atomic mass is 16.1. The molecule has 3 heteroatoms. The van der Waals surface area contributed by atoms with E-state index < -0.39 is 0 Å². The number of hydrogen-bond donors (Lipinski definition) is 2. The third kappa shape index (κ3) is 0.572. The third-order valence-electron chi connectivity index (χ3n) is 1.47. The van der Waals surface area contributed by atoms with Crippen molar-refractivity contribution in [3.8, 4) is 0 Å². The van der Waals surface area contributed by atoms with E-state index in [1.54, 1.807) is 12.4 Å². The van der Waals surface area contributed by atoms with Crippen LogP contribution in [0.25, 0.3) is 11.0 Å². The molecule has 0 amide bonds. The number of hydrogen-bond acceptors (Lipinski definition) is 1. The molecule has 0 radical (unpaired) electrons. The van der Waals surface area contributed by atoms with E-state index in [4.69, 9.17) is 0 Å². The first-order chi connectivity index (χ1) is 4.88. The van der Waals surface area contributed by atoms with Crippen LogP contribution in [0.15, 0.2) is 29.3 Å². The molecule has 10 heavy (non-hydrogen) atoms. The minimum atomic E-state index is 0.0266. The van der Waals surface area contributed by atoms with Crippen LogP contribution in [-0.2, 0) is 0 Å². The molecule has 2 aromatic rings. The lowest BCUT2D eigenvalue weighted by Crippen LogP contribution is -1.98. The lowest BCUT2D eigenvalue weighted by molar-refractivity contribution is 1.38. The topological polar surface area (TPSA) is 48.6 Å². The second-order valence-electron chi connectivity index (χ2n) is 2.11. The van der Waals surface area contributed by atoms with Gasteiger partial charge < -0.3 is 9.97 Å². The van der Waals surface area contributed by atoms with E-state index in [1.165, 1.54) is 6.07 Å². The summed E-state index contributed by atoms with van der Waals surface area (Å²) in [7, 11) is 0. The van der Waals surface area contributed by atoms with E-state index in [1.807, 2.05) is 6.07 Å². The van der Waals surface area contributed by atoms with E-state index in [-0.39, 0.29) is 5.43 Å². The third-order valence-corrected chi connectivity index (χ3v) is 1.47.